The lowest BCUT2D eigenvalue weighted by molar-refractivity contribution is 0.111. The van der Waals surface area contributed by atoms with Gasteiger partial charge in [-0.25, -0.2) is 0 Å². The summed E-state index contributed by atoms with van der Waals surface area (Å²) in [6.45, 7) is 7.36. The lowest BCUT2D eigenvalue weighted by Gasteiger charge is -2.25. The highest BCUT2D eigenvalue weighted by atomic mass is 35.5. The van der Waals surface area contributed by atoms with E-state index in [1.54, 1.807) is 0 Å². The molecule has 150 valence electrons. The van der Waals surface area contributed by atoms with Gasteiger partial charge in [-0.3, -0.25) is 0 Å². The summed E-state index contributed by atoms with van der Waals surface area (Å²) in [4.78, 5) is 2.42. The molecule has 0 fully saturated rings. The molecule has 0 radical (unpaired) electrons. The molecular weight excluding hydrogens is 354 g/mol. The van der Waals surface area contributed by atoms with E-state index >= 15 is 0 Å². The van der Waals surface area contributed by atoms with Crippen molar-refractivity contribution in [1.82, 2.24) is 4.90 Å². The molecule has 0 aliphatic rings. The van der Waals surface area contributed by atoms with E-state index in [4.69, 9.17) is 0 Å². The van der Waals surface area contributed by atoms with Crippen molar-refractivity contribution in [2.45, 2.75) is 58.5 Å². The van der Waals surface area contributed by atoms with Gasteiger partial charge in [-0.05, 0) is 55.5 Å². The Morgan fingerprint density at radius 1 is 0.778 bits per heavy atom. The Morgan fingerprint density at radius 2 is 1.30 bits per heavy atom. The van der Waals surface area contributed by atoms with Gasteiger partial charge in [0.25, 0.3) is 0 Å². The molecule has 2 nitrogen and oxygen atoms in total. The molecule has 2 aromatic rings. The molecule has 27 heavy (non-hydrogen) atoms. The van der Waals surface area contributed by atoms with E-state index in [-0.39, 0.29) is 12.4 Å². The van der Waals surface area contributed by atoms with Crippen molar-refractivity contribution in [3.05, 3.63) is 71.3 Å². The van der Waals surface area contributed by atoms with Crippen LogP contribution in [-0.4, -0.2) is 29.6 Å². The van der Waals surface area contributed by atoms with E-state index in [1.807, 2.05) is 0 Å². The van der Waals surface area contributed by atoms with Gasteiger partial charge in [-0.15, -0.1) is 12.4 Å². The second kappa shape index (κ2) is 13.8. The first-order valence-electron chi connectivity index (χ1n) is 10.3. The fraction of sp³-hybridized carbons (Fsp3) is 0.500. The monoisotopic (exact) mass is 389 g/mol. The normalized spacial score (nSPS) is 12.0. The minimum Gasteiger partial charge on any atom is -0.387 e. The van der Waals surface area contributed by atoms with Gasteiger partial charge < -0.3 is 10.0 Å². The van der Waals surface area contributed by atoms with Crippen LogP contribution in [-0.2, 0) is 12.8 Å². The highest BCUT2D eigenvalue weighted by molar-refractivity contribution is 5.85. The van der Waals surface area contributed by atoms with Crippen LogP contribution in [0.15, 0.2) is 54.6 Å². The molecule has 0 aromatic heterocycles. The van der Waals surface area contributed by atoms with Crippen LogP contribution in [0.25, 0.3) is 0 Å². The summed E-state index contributed by atoms with van der Waals surface area (Å²) >= 11 is 0. The van der Waals surface area contributed by atoms with Gasteiger partial charge >= 0.3 is 0 Å². The first kappa shape index (κ1) is 23.7. The predicted octanol–water partition coefficient (Wildman–Crippen LogP) is 5.83. The van der Waals surface area contributed by atoms with Crippen LogP contribution in [0.3, 0.4) is 0 Å². The van der Waals surface area contributed by atoms with Crippen molar-refractivity contribution in [2.24, 2.45) is 0 Å². The van der Waals surface area contributed by atoms with E-state index in [9.17, 15) is 5.11 Å². The summed E-state index contributed by atoms with van der Waals surface area (Å²) in [5.41, 5.74) is 3.74. The third kappa shape index (κ3) is 8.92. The lowest BCUT2D eigenvalue weighted by Crippen LogP contribution is -2.30. The molecule has 0 bridgehead atoms. The Morgan fingerprint density at radius 3 is 1.81 bits per heavy atom. The summed E-state index contributed by atoms with van der Waals surface area (Å²) < 4.78 is 0. The van der Waals surface area contributed by atoms with E-state index in [2.05, 4.69) is 73.3 Å². The quantitative estimate of drug-likeness (QED) is 0.493. The van der Waals surface area contributed by atoms with Crippen LogP contribution in [0.2, 0.25) is 0 Å². The van der Waals surface area contributed by atoms with Gasteiger partial charge in [0.1, 0.15) is 0 Å². The first-order valence-corrected chi connectivity index (χ1v) is 10.3. The van der Waals surface area contributed by atoms with Crippen LogP contribution in [0, 0.1) is 0 Å². The molecule has 0 amide bonds. The van der Waals surface area contributed by atoms with E-state index in [0.29, 0.717) is 0 Å². The third-order valence-corrected chi connectivity index (χ3v) is 5.00. The van der Waals surface area contributed by atoms with Crippen molar-refractivity contribution in [1.29, 1.82) is 0 Å². The standard InChI is InChI=1S/C24H35NO.ClH/c1-3-5-18-25(19-6-4-2)20-24(26)23-16-14-22(15-17-23)13-12-21-10-8-7-9-11-21;/h7-11,14-17,24,26H,3-6,12-13,18-20H2,1-2H3;1H. The summed E-state index contributed by atoms with van der Waals surface area (Å²) in [7, 11) is 0. The Balaban J connectivity index is 0.00000364. The molecule has 0 heterocycles. The second-order valence-corrected chi connectivity index (χ2v) is 7.25. The molecule has 0 aliphatic heterocycles. The first-order chi connectivity index (χ1) is 12.7. The summed E-state index contributed by atoms with van der Waals surface area (Å²) in [6.07, 6.45) is 6.52. The predicted molar refractivity (Wildman–Crippen MR) is 119 cm³/mol. The molecule has 0 saturated heterocycles. The van der Waals surface area contributed by atoms with Crippen LogP contribution in [0.4, 0.5) is 0 Å². The van der Waals surface area contributed by atoms with Crippen LogP contribution in [0.5, 0.6) is 0 Å². The third-order valence-electron chi connectivity index (χ3n) is 5.00. The molecule has 0 aliphatic carbocycles. The zero-order valence-electron chi connectivity index (χ0n) is 16.9. The topological polar surface area (TPSA) is 23.5 Å². The molecular formula is C24H36ClNO. The summed E-state index contributed by atoms with van der Waals surface area (Å²) in [6, 6.07) is 19.2. The maximum absolute atomic E-state index is 10.6. The number of nitrogens with zero attached hydrogens (tertiary/aromatic N) is 1. The number of benzene rings is 2. The SMILES string of the molecule is CCCCN(CCCC)CC(O)c1ccc(CCc2ccccc2)cc1.Cl. The molecule has 1 unspecified atom stereocenters. The summed E-state index contributed by atoms with van der Waals surface area (Å²) in [5, 5.41) is 10.6. The minimum absolute atomic E-state index is 0. The maximum atomic E-state index is 10.6. The number of aryl methyl sites for hydroxylation is 2. The number of aliphatic hydroxyl groups is 1. The van der Waals surface area contributed by atoms with Gasteiger partial charge in [-0.2, -0.15) is 0 Å². The number of unbranched alkanes of at least 4 members (excludes halogenated alkanes) is 2. The highest BCUT2D eigenvalue weighted by Gasteiger charge is 2.13. The maximum Gasteiger partial charge on any atom is 0.0916 e. The van der Waals surface area contributed by atoms with Gasteiger partial charge in [0.05, 0.1) is 6.10 Å². The average molecular weight is 390 g/mol. The minimum atomic E-state index is -0.396. The number of hydrogen-bond donors (Lipinski definition) is 1. The zero-order chi connectivity index (χ0) is 18.6. The van der Waals surface area contributed by atoms with Crippen LogP contribution >= 0.6 is 12.4 Å². The number of aliphatic hydroxyl groups excluding tert-OH is 1. The molecule has 3 heteroatoms. The van der Waals surface area contributed by atoms with Gasteiger partial charge in [0, 0.05) is 6.54 Å². The largest absolute Gasteiger partial charge is 0.387 e. The Bertz CT molecular complexity index is 592. The van der Waals surface area contributed by atoms with Crippen LogP contribution in [0.1, 0.15) is 62.3 Å². The average Bonchev–Trinajstić information content (AvgIpc) is 2.69. The van der Waals surface area contributed by atoms with E-state index in [1.165, 1.54) is 36.8 Å². The number of halogens is 1. The Hall–Kier alpha value is -1.35. The number of rotatable bonds is 12. The van der Waals surface area contributed by atoms with Crippen molar-refractivity contribution in [2.75, 3.05) is 19.6 Å². The van der Waals surface area contributed by atoms with Crippen molar-refractivity contribution in [3.63, 3.8) is 0 Å². The van der Waals surface area contributed by atoms with Gasteiger partial charge in [0.2, 0.25) is 0 Å². The van der Waals surface area contributed by atoms with E-state index in [0.717, 1.165) is 38.0 Å². The molecule has 1 N–H and O–H groups in total. The molecule has 2 rings (SSSR count). The van der Waals surface area contributed by atoms with Crippen molar-refractivity contribution < 1.29 is 5.11 Å². The fourth-order valence-corrected chi connectivity index (χ4v) is 3.25. The molecule has 0 spiro atoms. The summed E-state index contributed by atoms with van der Waals surface area (Å²) in [5.74, 6) is 0. The van der Waals surface area contributed by atoms with Crippen molar-refractivity contribution >= 4 is 12.4 Å². The van der Waals surface area contributed by atoms with Gasteiger partial charge in [0.15, 0.2) is 0 Å². The number of hydrogen-bond acceptors (Lipinski definition) is 2. The zero-order valence-corrected chi connectivity index (χ0v) is 17.8. The van der Waals surface area contributed by atoms with Crippen molar-refractivity contribution in [3.8, 4) is 0 Å². The second-order valence-electron chi connectivity index (χ2n) is 7.25. The molecule has 2 aromatic carbocycles. The van der Waals surface area contributed by atoms with Crippen LogP contribution < -0.4 is 0 Å². The van der Waals surface area contributed by atoms with Gasteiger partial charge in [-0.1, -0.05) is 81.3 Å². The van der Waals surface area contributed by atoms with E-state index < -0.39 is 6.10 Å². The highest BCUT2D eigenvalue weighted by Crippen LogP contribution is 2.17. The molecule has 0 saturated carbocycles. The Kier molecular flexibility index (Phi) is 12.1. The fourth-order valence-electron chi connectivity index (χ4n) is 3.25. The smallest absolute Gasteiger partial charge is 0.0916 e. The Labute approximate surface area is 172 Å². The molecule has 1 atom stereocenters. The lowest BCUT2D eigenvalue weighted by atomic mass is 10.0.